The molecule has 2 heterocycles. The molecular formula is C20H21N3O2S. The summed E-state index contributed by atoms with van der Waals surface area (Å²) in [5, 5.41) is 10.3. The van der Waals surface area contributed by atoms with Gasteiger partial charge in [-0.25, -0.2) is 9.79 Å². The highest BCUT2D eigenvalue weighted by Gasteiger charge is 2.29. The topological polar surface area (TPSA) is 65.7 Å². The second kappa shape index (κ2) is 7.30. The molecule has 5 nitrogen and oxygen atoms in total. The Morgan fingerprint density at radius 1 is 1.35 bits per heavy atom. The summed E-state index contributed by atoms with van der Waals surface area (Å²) in [7, 11) is 0. The van der Waals surface area contributed by atoms with E-state index >= 15 is 0 Å². The van der Waals surface area contributed by atoms with Gasteiger partial charge in [-0.05, 0) is 38.3 Å². The van der Waals surface area contributed by atoms with E-state index in [9.17, 15) is 10.1 Å². The zero-order valence-electron chi connectivity index (χ0n) is 15.2. The van der Waals surface area contributed by atoms with E-state index in [4.69, 9.17) is 4.74 Å². The number of carbonyl (C=O) groups is 1. The summed E-state index contributed by atoms with van der Waals surface area (Å²) < 4.78 is 5.46. The Morgan fingerprint density at radius 3 is 2.73 bits per heavy atom. The summed E-state index contributed by atoms with van der Waals surface area (Å²) in [6.07, 6.45) is 2.10. The highest BCUT2D eigenvalue weighted by atomic mass is 32.1. The first-order valence-corrected chi connectivity index (χ1v) is 9.31. The van der Waals surface area contributed by atoms with Crippen LogP contribution in [-0.4, -0.2) is 29.4 Å². The van der Waals surface area contributed by atoms with Gasteiger partial charge < -0.3 is 9.64 Å². The van der Waals surface area contributed by atoms with E-state index in [0.717, 1.165) is 16.0 Å². The van der Waals surface area contributed by atoms with E-state index in [0.29, 0.717) is 30.1 Å². The number of carbonyl (C=O) groups excluding carboxylic acids is 1. The van der Waals surface area contributed by atoms with E-state index in [1.54, 1.807) is 11.1 Å². The molecule has 2 aromatic rings. The molecule has 1 aliphatic rings. The number of rotatable bonds is 2. The predicted octanol–water partition coefficient (Wildman–Crippen LogP) is 4.66. The number of benzene rings is 1. The summed E-state index contributed by atoms with van der Waals surface area (Å²) in [6, 6.07) is 12.1. The number of nitriles is 1. The first-order chi connectivity index (χ1) is 12.4. The lowest BCUT2D eigenvalue weighted by atomic mass is 10.0. The minimum Gasteiger partial charge on any atom is -0.444 e. The monoisotopic (exact) mass is 367 g/mol. The summed E-state index contributed by atoms with van der Waals surface area (Å²) in [5.41, 5.74) is 2.10. The lowest BCUT2D eigenvalue weighted by molar-refractivity contribution is 0.0226. The number of ether oxygens (including phenoxy) is 1. The fourth-order valence-corrected chi connectivity index (χ4v) is 3.91. The molecule has 26 heavy (non-hydrogen) atoms. The summed E-state index contributed by atoms with van der Waals surface area (Å²) in [5.74, 6) is 0. The Balaban J connectivity index is 1.82. The predicted molar refractivity (Wildman–Crippen MR) is 103 cm³/mol. The van der Waals surface area contributed by atoms with Crippen LogP contribution in [0.2, 0.25) is 0 Å². The number of fused-ring (bicyclic) bond motifs is 1. The average Bonchev–Trinajstić information content (AvgIpc) is 2.96. The van der Waals surface area contributed by atoms with E-state index < -0.39 is 5.60 Å². The largest absolute Gasteiger partial charge is 0.444 e. The van der Waals surface area contributed by atoms with Gasteiger partial charge in [-0.2, -0.15) is 5.26 Å². The summed E-state index contributed by atoms with van der Waals surface area (Å²) >= 11 is 1.48. The molecule has 0 fully saturated rings. The molecule has 0 spiro atoms. The molecule has 1 aromatic heterocycles. The number of hydrogen-bond acceptors (Lipinski definition) is 5. The molecule has 134 valence electrons. The van der Waals surface area contributed by atoms with Crippen LogP contribution >= 0.6 is 11.3 Å². The van der Waals surface area contributed by atoms with Crippen LogP contribution in [0, 0.1) is 11.3 Å². The molecule has 1 aromatic carbocycles. The lowest BCUT2D eigenvalue weighted by Crippen LogP contribution is -2.39. The number of aliphatic imine (C=N–C) groups is 1. The van der Waals surface area contributed by atoms with Gasteiger partial charge in [-0.1, -0.05) is 30.3 Å². The van der Waals surface area contributed by atoms with Crippen molar-refractivity contribution in [2.24, 2.45) is 4.99 Å². The summed E-state index contributed by atoms with van der Waals surface area (Å²) in [6.45, 7) is 6.58. The number of thiophene rings is 1. The third-order valence-electron chi connectivity index (χ3n) is 3.93. The van der Waals surface area contributed by atoms with E-state index in [2.05, 4.69) is 11.1 Å². The fourth-order valence-electron chi connectivity index (χ4n) is 2.75. The quantitative estimate of drug-likeness (QED) is 0.725. The maximum absolute atomic E-state index is 12.3. The Labute approximate surface area is 157 Å². The molecule has 0 N–H and O–H groups in total. The second-order valence-electron chi connectivity index (χ2n) is 7.12. The molecule has 0 saturated heterocycles. The maximum atomic E-state index is 12.3. The molecule has 3 rings (SSSR count). The SMILES string of the molecule is CC(C)(C)OC(=O)N1CCc2c(sc(N=Cc3ccccc3)c2C#N)C1. The molecule has 0 aliphatic carbocycles. The highest BCUT2D eigenvalue weighted by molar-refractivity contribution is 7.16. The van der Waals surface area contributed by atoms with Gasteiger partial charge in [0.15, 0.2) is 0 Å². The zero-order valence-corrected chi connectivity index (χ0v) is 16.0. The van der Waals surface area contributed by atoms with Gasteiger partial charge in [0.1, 0.15) is 16.7 Å². The fraction of sp³-hybridized carbons (Fsp3) is 0.350. The molecule has 0 saturated carbocycles. The molecule has 1 aliphatic heterocycles. The minimum atomic E-state index is -0.518. The van der Waals surface area contributed by atoms with Crippen LogP contribution in [0.5, 0.6) is 0 Å². The molecule has 6 heteroatoms. The minimum absolute atomic E-state index is 0.315. The van der Waals surface area contributed by atoms with E-state index in [1.165, 1.54) is 11.3 Å². The van der Waals surface area contributed by atoms with Crippen LogP contribution in [0.1, 0.15) is 42.3 Å². The molecule has 0 unspecified atom stereocenters. The van der Waals surface area contributed by atoms with Crippen LogP contribution in [0.3, 0.4) is 0 Å². The first-order valence-electron chi connectivity index (χ1n) is 8.49. The molecule has 1 amide bonds. The first kappa shape index (κ1) is 18.2. The standard InChI is InChI=1S/C20H21N3O2S/c1-20(2,3)25-19(24)23-10-9-15-16(11-21)18(26-17(15)13-23)22-12-14-7-5-4-6-8-14/h4-8,12H,9-10,13H2,1-3H3. The Morgan fingerprint density at radius 2 is 2.08 bits per heavy atom. The smallest absolute Gasteiger partial charge is 0.410 e. The van der Waals surface area contributed by atoms with E-state index in [-0.39, 0.29) is 6.09 Å². The third-order valence-corrected chi connectivity index (χ3v) is 5.06. The van der Waals surface area contributed by atoms with Crippen molar-refractivity contribution >= 4 is 28.6 Å². The molecule has 0 bridgehead atoms. The number of nitrogens with zero attached hydrogens (tertiary/aromatic N) is 3. The number of amides is 1. The van der Waals surface area contributed by atoms with Crippen LogP contribution in [0.25, 0.3) is 0 Å². The normalized spacial score (nSPS) is 14.2. The zero-order chi connectivity index (χ0) is 18.7. The number of hydrogen-bond donors (Lipinski definition) is 0. The van der Waals surface area contributed by atoms with Crippen LogP contribution in [0.4, 0.5) is 9.80 Å². The van der Waals surface area contributed by atoms with Gasteiger partial charge >= 0.3 is 6.09 Å². The van der Waals surface area contributed by atoms with Crippen LogP contribution in [0.15, 0.2) is 35.3 Å². The van der Waals surface area contributed by atoms with Gasteiger partial charge in [0.2, 0.25) is 0 Å². The summed E-state index contributed by atoms with van der Waals surface area (Å²) in [4.78, 5) is 19.5. The van der Waals surface area contributed by atoms with Crippen LogP contribution in [-0.2, 0) is 17.7 Å². The molecular weight excluding hydrogens is 346 g/mol. The van der Waals surface area contributed by atoms with Crippen molar-refractivity contribution in [2.45, 2.75) is 39.3 Å². The highest BCUT2D eigenvalue weighted by Crippen LogP contribution is 2.38. The Kier molecular flexibility index (Phi) is 5.10. The third kappa shape index (κ3) is 4.12. The van der Waals surface area contributed by atoms with Crippen molar-refractivity contribution in [3.8, 4) is 6.07 Å². The van der Waals surface area contributed by atoms with Crippen molar-refractivity contribution in [1.82, 2.24) is 4.90 Å². The van der Waals surface area contributed by atoms with Gasteiger partial charge in [-0.15, -0.1) is 11.3 Å². The molecule has 0 radical (unpaired) electrons. The second-order valence-corrected chi connectivity index (χ2v) is 8.20. The van der Waals surface area contributed by atoms with Crippen molar-refractivity contribution < 1.29 is 9.53 Å². The van der Waals surface area contributed by atoms with Crippen molar-refractivity contribution in [3.05, 3.63) is 51.9 Å². The Hall–Kier alpha value is -2.65. The van der Waals surface area contributed by atoms with Gasteiger partial charge in [-0.3, -0.25) is 0 Å². The average molecular weight is 367 g/mol. The Bertz CT molecular complexity index is 873. The lowest BCUT2D eigenvalue weighted by Gasteiger charge is -2.29. The van der Waals surface area contributed by atoms with Gasteiger partial charge in [0, 0.05) is 17.6 Å². The van der Waals surface area contributed by atoms with Crippen molar-refractivity contribution in [2.75, 3.05) is 6.54 Å². The molecule has 0 atom stereocenters. The van der Waals surface area contributed by atoms with Gasteiger partial charge in [0.05, 0.1) is 12.1 Å². The van der Waals surface area contributed by atoms with E-state index in [1.807, 2.05) is 51.1 Å². The van der Waals surface area contributed by atoms with Gasteiger partial charge in [0.25, 0.3) is 0 Å². The van der Waals surface area contributed by atoms with Crippen molar-refractivity contribution in [3.63, 3.8) is 0 Å². The van der Waals surface area contributed by atoms with Crippen LogP contribution < -0.4 is 0 Å². The maximum Gasteiger partial charge on any atom is 0.410 e. The van der Waals surface area contributed by atoms with Crippen molar-refractivity contribution in [1.29, 1.82) is 5.26 Å².